The fourth-order valence-electron chi connectivity index (χ4n) is 3.87. The van der Waals surface area contributed by atoms with Crippen molar-refractivity contribution in [1.82, 2.24) is 4.90 Å². The van der Waals surface area contributed by atoms with Crippen molar-refractivity contribution in [3.8, 4) is 0 Å². The first-order chi connectivity index (χ1) is 12.5. The number of aliphatic hydroxyl groups is 1. The molecule has 2 heterocycles. The molecule has 1 N–H and O–H groups in total. The van der Waals surface area contributed by atoms with E-state index in [1.54, 1.807) is 6.08 Å². The third-order valence-corrected chi connectivity index (χ3v) is 5.89. The van der Waals surface area contributed by atoms with Crippen molar-refractivity contribution >= 4 is 33.4 Å². The molecule has 1 saturated heterocycles. The number of anilines is 1. The normalized spacial score (nSPS) is 26.0. The first-order valence-electron chi connectivity index (χ1n) is 9.29. The summed E-state index contributed by atoms with van der Waals surface area (Å²) in [6.45, 7) is 3.65. The topological polar surface area (TPSA) is 56.1 Å². The summed E-state index contributed by atoms with van der Waals surface area (Å²) in [6.07, 6.45) is 4.86. The smallest absolute Gasteiger partial charge is 0.225 e. The molecule has 1 aromatic carbocycles. The minimum atomic E-state index is -0.790. The summed E-state index contributed by atoms with van der Waals surface area (Å²) in [7, 11) is 0. The Balaban J connectivity index is 1.49. The fourth-order valence-corrected chi connectivity index (χ4v) is 4.14. The highest BCUT2D eigenvalue weighted by atomic mass is 79.9. The second-order valence-corrected chi connectivity index (χ2v) is 8.41. The number of likely N-dealkylation sites (tertiary alicyclic amines) is 1. The van der Waals surface area contributed by atoms with Crippen molar-refractivity contribution < 1.29 is 9.90 Å². The van der Waals surface area contributed by atoms with Crippen LogP contribution in [-0.4, -0.2) is 41.1 Å². The van der Waals surface area contributed by atoms with Crippen LogP contribution in [0.4, 0.5) is 5.69 Å². The van der Waals surface area contributed by atoms with Gasteiger partial charge in [-0.1, -0.05) is 15.9 Å². The van der Waals surface area contributed by atoms with Gasteiger partial charge in [-0.15, -0.1) is 0 Å². The number of hydrogen-bond acceptors (Lipinski definition) is 4. The predicted octanol–water partition coefficient (Wildman–Crippen LogP) is 3.54. The molecule has 1 aliphatic carbocycles. The van der Waals surface area contributed by atoms with Crippen LogP contribution in [0, 0.1) is 11.8 Å². The van der Waals surface area contributed by atoms with E-state index >= 15 is 0 Å². The van der Waals surface area contributed by atoms with Crippen molar-refractivity contribution in [2.24, 2.45) is 16.8 Å². The number of allylic oxidation sites excluding steroid dienone is 1. The molecule has 2 aliphatic heterocycles. The summed E-state index contributed by atoms with van der Waals surface area (Å²) in [4.78, 5) is 20.9. The van der Waals surface area contributed by atoms with Crippen molar-refractivity contribution in [1.29, 1.82) is 0 Å². The van der Waals surface area contributed by atoms with Gasteiger partial charge in [-0.2, -0.15) is 0 Å². The summed E-state index contributed by atoms with van der Waals surface area (Å²) in [5.41, 5.74) is 2.02. The van der Waals surface area contributed by atoms with E-state index < -0.39 is 6.23 Å². The molecular formula is C20H24BrN3O2. The Morgan fingerprint density at radius 2 is 2.00 bits per heavy atom. The van der Waals surface area contributed by atoms with E-state index in [1.165, 1.54) is 0 Å². The molecular weight excluding hydrogens is 394 g/mol. The summed E-state index contributed by atoms with van der Waals surface area (Å²) in [5.74, 6) is 1.89. The average molecular weight is 418 g/mol. The predicted molar refractivity (Wildman–Crippen MR) is 106 cm³/mol. The van der Waals surface area contributed by atoms with E-state index in [-0.39, 0.29) is 5.92 Å². The van der Waals surface area contributed by atoms with Crippen molar-refractivity contribution in [3.63, 3.8) is 0 Å². The molecule has 2 atom stereocenters. The molecule has 4 rings (SSSR count). The van der Waals surface area contributed by atoms with E-state index in [9.17, 15) is 9.90 Å². The van der Waals surface area contributed by atoms with Gasteiger partial charge in [-0.3, -0.25) is 4.79 Å². The van der Waals surface area contributed by atoms with E-state index in [0.717, 1.165) is 60.5 Å². The number of halogens is 1. The number of benzene rings is 1. The van der Waals surface area contributed by atoms with Crippen LogP contribution in [0.3, 0.4) is 0 Å². The van der Waals surface area contributed by atoms with Gasteiger partial charge in [0.2, 0.25) is 5.91 Å². The fraction of sp³-hybridized carbons (Fsp3) is 0.500. The molecule has 1 amide bonds. The lowest BCUT2D eigenvalue weighted by Gasteiger charge is -2.32. The minimum Gasteiger partial charge on any atom is -0.368 e. The maximum absolute atomic E-state index is 12.3. The van der Waals surface area contributed by atoms with Crippen molar-refractivity contribution in [3.05, 3.63) is 40.5 Å². The number of amides is 1. The number of nitrogens with zero attached hydrogens (tertiary/aromatic N) is 3. The van der Waals surface area contributed by atoms with Gasteiger partial charge in [0.1, 0.15) is 5.84 Å². The lowest BCUT2D eigenvalue weighted by Crippen LogP contribution is -2.36. The van der Waals surface area contributed by atoms with E-state index in [2.05, 4.69) is 25.8 Å². The Hall–Kier alpha value is -1.66. The van der Waals surface area contributed by atoms with Gasteiger partial charge in [0, 0.05) is 41.3 Å². The monoisotopic (exact) mass is 417 g/mol. The van der Waals surface area contributed by atoms with Crippen LogP contribution in [0.5, 0.6) is 0 Å². The number of amidine groups is 1. The van der Waals surface area contributed by atoms with Gasteiger partial charge >= 0.3 is 0 Å². The second kappa shape index (κ2) is 7.16. The first kappa shape index (κ1) is 17.7. The lowest BCUT2D eigenvalue weighted by molar-refractivity contribution is -0.131. The van der Waals surface area contributed by atoms with E-state index in [0.29, 0.717) is 11.8 Å². The van der Waals surface area contributed by atoms with Crippen molar-refractivity contribution in [2.45, 2.75) is 38.8 Å². The zero-order chi connectivity index (χ0) is 18.3. The van der Waals surface area contributed by atoms with Gasteiger partial charge in [-0.25, -0.2) is 4.99 Å². The van der Waals surface area contributed by atoms with Gasteiger partial charge < -0.3 is 14.9 Å². The summed E-state index contributed by atoms with van der Waals surface area (Å²) in [6, 6.07) is 8.12. The highest BCUT2D eigenvalue weighted by Crippen LogP contribution is 2.34. The number of aliphatic imine (C=N–C) groups is 1. The molecule has 2 fully saturated rings. The molecule has 1 aromatic rings. The highest BCUT2D eigenvalue weighted by molar-refractivity contribution is 9.10. The van der Waals surface area contributed by atoms with Crippen LogP contribution >= 0.6 is 15.9 Å². The zero-order valence-electron chi connectivity index (χ0n) is 14.9. The maximum Gasteiger partial charge on any atom is 0.225 e. The van der Waals surface area contributed by atoms with Crippen LogP contribution < -0.4 is 4.90 Å². The van der Waals surface area contributed by atoms with E-state index in [4.69, 9.17) is 0 Å². The Bertz CT molecular complexity index is 755. The van der Waals surface area contributed by atoms with Crippen LogP contribution in [-0.2, 0) is 4.79 Å². The number of carbonyl (C=O) groups excluding carboxylic acids is 1. The van der Waals surface area contributed by atoms with Crippen LogP contribution in [0.1, 0.15) is 32.6 Å². The van der Waals surface area contributed by atoms with Crippen LogP contribution in [0.2, 0.25) is 0 Å². The highest BCUT2D eigenvalue weighted by Gasteiger charge is 2.37. The molecule has 1 saturated carbocycles. The molecule has 0 aromatic heterocycles. The zero-order valence-corrected chi connectivity index (χ0v) is 16.5. The third-order valence-electron chi connectivity index (χ3n) is 5.36. The molecule has 0 bridgehead atoms. The molecule has 3 aliphatic rings. The van der Waals surface area contributed by atoms with Gasteiger partial charge in [-0.05, 0) is 62.4 Å². The van der Waals surface area contributed by atoms with Gasteiger partial charge in [0.15, 0.2) is 6.23 Å². The Morgan fingerprint density at radius 3 is 2.69 bits per heavy atom. The SMILES string of the molecule is CC1=CC(O)N=C(CC2CCN(C(=O)C3CC3)C2)N1c1ccc(Br)cc1. The van der Waals surface area contributed by atoms with Crippen molar-refractivity contribution in [2.75, 3.05) is 18.0 Å². The quantitative estimate of drug-likeness (QED) is 0.814. The van der Waals surface area contributed by atoms with Gasteiger partial charge in [0.05, 0.1) is 0 Å². The second-order valence-electron chi connectivity index (χ2n) is 7.50. The lowest BCUT2D eigenvalue weighted by atomic mass is 10.0. The maximum atomic E-state index is 12.3. The number of rotatable bonds is 4. The number of carbonyl (C=O) groups is 1. The first-order valence-corrected chi connectivity index (χ1v) is 10.1. The Labute approximate surface area is 162 Å². The summed E-state index contributed by atoms with van der Waals surface area (Å²) in [5, 5.41) is 10.1. The van der Waals surface area contributed by atoms with Crippen LogP contribution in [0.15, 0.2) is 45.5 Å². The molecule has 138 valence electrons. The molecule has 6 heteroatoms. The number of aliphatic hydroxyl groups excluding tert-OH is 1. The molecule has 26 heavy (non-hydrogen) atoms. The Kier molecular flexibility index (Phi) is 4.88. The molecule has 2 unspecified atom stereocenters. The number of hydrogen-bond donors (Lipinski definition) is 1. The molecule has 0 spiro atoms. The average Bonchev–Trinajstić information content (AvgIpc) is 3.35. The van der Waals surface area contributed by atoms with Crippen LogP contribution in [0.25, 0.3) is 0 Å². The van der Waals surface area contributed by atoms with Gasteiger partial charge in [0.25, 0.3) is 0 Å². The van der Waals surface area contributed by atoms with E-state index in [1.807, 2.05) is 36.1 Å². The Morgan fingerprint density at radius 1 is 1.27 bits per heavy atom. The third kappa shape index (κ3) is 3.71. The summed E-state index contributed by atoms with van der Waals surface area (Å²) < 4.78 is 1.03. The molecule has 5 nitrogen and oxygen atoms in total. The minimum absolute atomic E-state index is 0.284. The largest absolute Gasteiger partial charge is 0.368 e. The summed E-state index contributed by atoms with van der Waals surface area (Å²) >= 11 is 3.48. The standard InChI is InChI=1S/C20H24BrN3O2/c1-13-10-19(25)22-18(24(13)17-6-4-16(21)5-7-17)11-14-8-9-23(12-14)20(26)15-2-3-15/h4-7,10,14-15,19,25H,2-3,8-9,11-12H2,1H3. The molecule has 0 radical (unpaired) electrons.